The maximum Gasteiger partial charge on any atom is 0.335 e. The van der Waals surface area contributed by atoms with Gasteiger partial charge in [-0.2, -0.15) is 0 Å². The molecule has 0 aliphatic carbocycles. The number of nitrogens with zero attached hydrogens (tertiary/aromatic N) is 3. The van der Waals surface area contributed by atoms with Gasteiger partial charge in [-0.05, 0) is 53.6 Å². The minimum Gasteiger partial charge on any atom is -0.507 e. The number of Topliss-reactive ketones (excluding diaryl/α,β-unsaturated/α-hetero) is 1. The van der Waals surface area contributed by atoms with Crippen molar-refractivity contribution in [3.05, 3.63) is 94.6 Å². The Morgan fingerprint density at radius 3 is 2.28 bits per heavy atom. The zero-order chi connectivity index (χ0) is 27.8. The Balaban J connectivity index is 1.61. The van der Waals surface area contributed by atoms with Crippen LogP contribution in [0, 0.1) is 0 Å². The van der Waals surface area contributed by atoms with Crippen molar-refractivity contribution in [2.45, 2.75) is 12.6 Å². The molecule has 0 aromatic heterocycles. The number of carboxylic acid groups (broad SMARTS) is 1. The number of ether oxygens (including phenoxy) is 1. The third kappa shape index (κ3) is 4.79. The Morgan fingerprint density at radius 2 is 1.64 bits per heavy atom. The van der Waals surface area contributed by atoms with E-state index in [1.165, 1.54) is 17.0 Å². The minimum atomic E-state index is -1.05. The van der Waals surface area contributed by atoms with E-state index in [0.29, 0.717) is 35.6 Å². The largest absolute Gasteiger partial charge is 0.507 e. The number of hydrogen-bond acceptors (Lipinski definition) is 7. The Hall–Kier alpha value is -4.79. The number of rotatable bonds is 6. The molecular formula is C30H29N3O6. The second kappa shape index (κ2) is 10.2. The molecule has 2 heterocycles. The van der Waals surface area contributed by atoms with Crippen LogP contribution in [0.2, 0.25) is 0 Å². The van der Waals surface area contributed by atoms with Gasteiger partial charge in [0, 0.05) is 38.9 Å². The van der Waals surface area contributed by atoms with Gasteiger partial charge in [0.15, 0.2) is 0 Å². The number of anilines is 2. The number of aliphatic hydroxyl groups is 1. The van der Waals surface area contributed by atoms with E-state index in [4.69, 9.17) is 4.74 Å². The van der Waals surface area contributed by atoms with Crippen molar-refractivity contribution >= 4 is 34.8 Å². The molecule has 2 aliphatic heterocycles. The number of aliphatic hydroxyl groups excluding tert-OH is 1. The lowest BCUT2D eigenvalue weighted by Gasteiger charge is -2.28. The number of fused-ring (bicyclic) bond motifs is 1. The number of carboxylic acids is 1. The third-order valence-electron chi connectivity index (χ3n) is 7.15. The molecule has 9 heteroatoms. The first kappa shape index (κ1) is 25.8. The number of likely N-dealkylation sites (tertiary alicyclic amines) is 1. The first-order chi connectivity index (χ1) is 18.7. The summed E-state index contributed by atoms with van der Waals surface area (Å²) in [4.78, 5) is 43.5. The average Bonchev–Trinajstić information content (AvgIpc) is 3.18. The van der Waals surface area contributed by atoms with Gasteiger partial charge in [0.05, 0.1) is 29.4 Å². The number of amides is 1. The van der Waals surface area contributed by atoms with Crippen LogP contribution < -0.4 is 14.5 Å². The van der Waals surface area contributed by atoms with Gasteiger partial charge in [0.1, 0.15) is 18.1 Å². The number of benzene rings is 3. The van der Waals surface area contributed by atoms with Crippen LogP contribution in [0.1, 0.15) is 33.1 Å². The molecule has 0 saturated carbocycles. The van der Waals surface area contributed by atoms with Crippen LogP contribution in [0.5, 0.6) is 5.75 Å². The molecule has 5 rings (SSSR count). The summed E-state index contributed by atoms with van der Waals surface area (Å²) in [6.07, 6.45) is 0. The van der Waals surface area contributed by atoms with E-state index in [1.54, 1.807) is 30.3 Å². The first-order valence-electron chi connectivity index (χ1n) is 12.5. The number of carbonyl (C=O) groups is 3. The van der Waals surface area contributed by atoms with E-state index in [1.807, 2.05) is 55.2 Å². The molecule has 1 atom stereocenters. The van der Waals surface area contributed by atoms with Crippen LogP contribution in [-0.2, 0) is 16.1 Å². The van der Waals surface area contributed by atoms with Crippen molar-refractivity contribution in [3.63, 3.8) is 0 Å². The van der Waals surface area contributed by atoms with Gasteiger partial charge in [-0.1, -0.05) is 24.3 Å². The van der Waals surface area contributed by atoms with E-state index in [-0.39, 0.29) is 23.4 Å². The summed E-state index contributed by atoms with van der Waals surface area (Å²) in [5, 5.41) is 20.7. The zero-order valence-electron chi connectivity index (χ0n) is 21.9. The van der Waals surface area contributed by atoms with Crippen LogP contribution in [-0.4, -0.2) is 67.1 Å². The van der Waals surface area contributed by atoms with Gasteiger partial charge in [-0.15, -0.1) is 0 Å². The van der Waals surface area contributed by atoms with Crippen molar-refractivity contribution in [1.82, 2.24) is 4.90 Å². The molecule has 9 nitrogen and oxygen atoms in total. The molecule has 1 amide bonds. The lowest BCUT2D eigenvalue weighted by molar-refractivity contribution is -0.140. The highest BCUT2D eigenvalue weighted by Crippen LogP contribution is 2.42. The van der Waals surface area contributed by atoms with Gasteiger partial charge in [-0.3, -0.25) is 9.59 Å². The molecule has 3 aromatic rings. The van der Waals surface area contributed by atoms with Gasteiger partial charge in [-0.25, -0.2) is 4.79 Å². The molecular weight excluding hydrogens is 498 g/mol. The third-order valence-corrected chi connectivity index (χ3v) is 7.15. The molecule has 0 spiro atoms. The Morgan fingerprint density at radius 1 is 0.974 bits per heavy atom. The Bertz CT molecular complexity index is 1480. The lowest BCUT2D eigenvalue weighted by Crippen LogP contribution is -2.29. The highest BCUT2D eigenvalue weighted by atomic mass is 16.5. The van der Waals surface area contributed by atoms with Crippen LogP contribution in [0.15, 0.2) is 72.3 Å². The van der Waals surface area contributed by atoms with E-state index in [0.717, 1.165) is 11.4 Å². The second-order valence-electron chi connectivity index (χ2n) is 9.87. The van der Waals surface area contributed by atoms with Gasteiger partial charge in [0.2, 0.25) is 0 Å². The average molecular weight is 528 g/mol. The molecule has 39 heavy (non-hydrogen) atoms. The van der Waals surface area contributed by atoms with Gasteiger partial charge >= 0.3 is 5.97 Å². The van der Waals surface area contributed by atoms with Crippen molar-refractivity contribution in [3.8, 4) is 5.75 Å². The summed E-state index contributed by atoms with van der Waals surface area (Å²) in [6, 6.07) is 18.0. The molecule has 2 aliphatic rings. The number of hydrogen-bond donors (Lipinski definition) is 2. The maximum atomic E-state index is 13.4. The summed E-state index contributed by atoms with van der Waals surface area (Å²) < 4.78 is 5.71. The lowest BCUT2D eigenvalue weighted by atomic mass is 9.94. The standard InChI is InChI=1S/C30H29N3O6/c1-31(2)22-11-8-19(9-12-22)26-25(27(34)21-10-13-24-23(16-21)32(3)14-15-39-24)28(35)29(36)33(26)17-18-4-6-20(7-5-18)30(37)38/h4-13,16,26,34H,14-15,17H2,1-3H3,(H,37,38)/b27-25-. The molecule has 2 N–H and O–H groups in total. The summed E-state index contributed by atoms with van der Waals surface area (Å²) in [7, 11) is 5.75. The monoisotopic (exact) mass is 527 g/mol. The Kier molecular flexibility index (Phi) is 6.74. The van der Waals surface area contributed by atoms with Gasteiger partial charge in [0.25, 0.3) is 11.7 Å². The smallest absolute Gasteiger partial charge is 0.335 e. The topological polar surface area (TPSA) is 111 Å². The second-order valence-corrected chi connectivity index (χ2v) is 9.87. The fourth-order valence-corrected chi connectivity index (χ4v) is 4.95. The van der Waals surface area contributed by atoms with E-state index >= 15 is 0 Å². The quantitative estimate of drug-likeness (QED) is 0.282. The summed E-state index contributed by atoms with van der Waals surface area (Å²) >= 11 is 0. The van der Waals surface area contributed by atoms with Crippen molar-refractivity contribution in [1.29, 1.82) is 0 Å². The van der Waals surface area contributed by atoms with Crippen molar-refractivity contribution in [2.24, 2.45) is 0 Å². The predicted molar refractivity (Wildman–Crippen MR) is 147 cm³/mol. The zero-order valence-corrected chi connectivity index (χ0v) is 21.9. The highest BCUT2D eigenvalue weighted by Gasteiger charge is 2.46. The summed E-state index contributed by atoms with van der Waals surface area (Å²) in [5.41, 5.74) is 3.58. The van der Waals surface area contributed by atoms with Crippen LogP contribution in [0.4, 0.5) is 11.4 Å². The maximum absolute atomic E-state index is 13.4. The number of likely N-dealkylation sites (N-methyl/N-ethyl adjacent to an activating group) is 1. The predicted octanol–water partition coefficient (Wildman–Crippen LogP) is 3.90. The summed E-state index contributed by atoms with van der Waals surface area (Å²) in [5.74, 6) is -2.15. The van der Waals surface area contributed by atoms with Crippen LogP contribution >= 0.6 is 0 Å². The molecule has 1 fully saturated rings. The minimum absolute atomic E-state index is 0.000843. The first-order valence-corrected chi connectivity index (χ1v) is 12.5. The molecule has 1 saturated heterocycles. The molecule has 0 radical (unpaired) electrons. The Labute approximate surface area is 226 Å². The van der Waals surface area contributed by atoms with Gasteiger partial charge < -0.3 is 29.6 Å². The molecule has 3 aromatic carbocycles. The molecule has 1 unspecified atom stereocenters. The molecule has 200 valence electrons. The SMILES string of the molecule is CN(C)c1ccc(C2/C(=C(/O)c3ccc4c(c3)N(C)CCO4)C(=O)C(=O)N2Cc2ccc(C(=O)O)cc2)cc1. The van der Waals surface area contributed by atoms with Crippen molar-refractivity contribution < 1.29 is 29.3 Å². The fraction of sp³-hybridized carbons (Fsp3) is 0.233. The van der Waals surface area contributed by atoms with E-state index < -0.39 is 23.7 Å². The fourth-order valence-electron chi connectivity index (χ4n) is 4.95. The number of carbonyl (C=O) groups excluding carboxylic acids is 2. The summed E-state index contributed by atoms with van der Waals surface area (Å²) in [6.45, 7) is 1.29. The number of aromatic carboxylic acids is 1. The molecule has 0 bridgehead atoms. The van der Waals surface area contributed by atoms with E-state index in [9.17, 15) is 24.6 Å². The normalized spacial score (nSPS) is 18.1. The highest BCUT2D eigenvalue weighted by molar-refractivity contribution is 6.46. The van der Waals surface area contributed by atoms with Crippen LogP contribution in [0.25, 0.3) is 5.76 Å². The van der Waals surface area contributed by atoms with E-state index in [2.05, 4.69) is 0 Å². The van der Waals surface area contributed by atoms with Crippen molar-refractivity contribution in [2.75, 3.05) is 44.1 Å². The van der Waals surface area contributed by atoms with Crippen LogP contribution in [0.3, 0.4) is 0 Å². The number of ketones is 1.